The normalized spacial score (nSPS) is 31.0. The van der Waals surface area contributed by atoms with E-state index in [1.54, 1.807) is 0 Å². The molecule has 0 spiro atoms. The molecule has 0 bridgehead atoms. The van der Waals surface area contributed by atoms with Gasteiger partial charge in [0.05, 0.1) is 6.61 Å². The Morgan fingerprint density at radius 2 is 2.33 bits per heavy atom. The monoisotopic (exact) mass is 172 g/mol. The second-order valence-corrected chi connectivity index (χ2v) is 3.68. The summed E-state index contributed by atoms with van der Waals surface area (Å²) in [4.78, 5) is 2.35. The van der Waals surface area contributed by atoms with E-state index in [0.717, 1.165) is 32.7 Å². The van der Waals surface area contributed by atoms with Crippen molar-refractivity contribution in [3.8, 4) is 0 Å². The Morgan fingerprint density at radius 3 is 2.92 bits per heavy atom. The maximum atomic E-state index is 5.51. The fourth-order valence-corrected chi connectivity index (χ4v) is 1.89. The first kappa shape index (κ1) is 9.96. The van der Waals surface area contributed by atoms with Crippen LogP contribution in [0.2, 0.25) is 0 Å². The zero-order valence-electron chi connectivity index (χ0n) is 8.12. The fraction of sp³-hybridized carbons (Fsp3) is 1.00. The lowest BCUT2D eigenvalue weighted by molar-refractivity contribution is 0.00318. The fourth-order valence-electron chi connectivity index (χ4n) is 1.89. The highest BCUT2D eigenvalue weighted by molar-refractivity contribution is 4.77. The highest BCUT2D eigenvalue weighted by Gasteiger charge is 2.24. The van der Waals surface area contributed by atoms with Gasteiger partial charge in [-0.1, -0.05) is 6.92 Å². The van der Waals surface area contributed by atoms with E-state index in [0.29, 0.717) is 12.0 Å². The summed E-state index contributed by atoms with van der Waals surface area (Å²) in [6.45, 7) is 5.80. The van der Waals surface area contributed by atoms with Crippen molar-refractivity contribution < 1.29 is 4.74 Å². The first-order chi connectivity index (χ1) is 5.75. The van der Waals surface area contributed by atoms with E-state index >= 15 is 0 Å². The van der Waals surface area contributed by atoms with Crippen LogP contribution in [0.25, 0.3) is 0 Å². The Bertz CT molecular complexity index is 130. The van der Waals surface area contributed by atoms with Crippen molar-refractivity contribution in [1.82, 2.24) is 4.90 Å². The highest BCUT2D eigenvalue weighted by Crippen LogP contribution is 2.18. The molecule has 3 heteroatoms. The van der Waals surface area contributed by atoms with Crippen LogP contribution in [0, 0.1) is 5.92 Å². The zero-order chi connectivity index (χ0) is 8.97. The number of likely N-dealkylation sites (N-methyl/N-ethyl adjacent to an activating group) is 1. The van der Waals surface area contributed by atoms with E-state index in [-0.39, 0.29) is 0 Å². The minimum atomic E-state index is 0.648. The Morgan fingerprint density at radius 1 is 1.58 bits per heavy atom. The zero-order valence-corrected chi connectivity index (χ0v) is 8.12. The van der Waals surface area contributed by atoms with Crippen molar-refractivity contribution in [2.45, 2.75) is 19.4 Å². The molecule has 1 heterocycles. The number of rotatable bonds is 3. The number of hydrogen-bond acceptors (Lipinski definition) is 3. The molecule has 0 aromatic carbocycles. The van der Waals surface area contributed by atoms with Crippen LogP contribution in [0.3, 0.4) is 0 Å². The minimum Gasteiger partial charge on any atom is -0.381 e. The second kappa shape index (κ2) is 4.80. The molecule has 0 radical (unpaired) electrons. The maximum absolute atomic E-state index is 5.51. The third-order valence-electron chi connectivity index (χ3n) is 2.64. The van der Waals surface area contributed by atoms with Crippen molar-refractivity contribution in [3.63, 3.8) is 0 Å². The van der Waals surface area contributed by atoms with Crippen molar-refractivity contribution in [2.24, 2.45) is 11.7 Å². The SMILES string of the molecule is CC1COCCC1N(C)CCN. The van der Waals surface area contributed by atoms with Crippen molar-refractivity contribution in [2.75, 3.05) is 33.4 Å². The molecule has 1 saturated heterocycles. The third-order valence-corrected chi connectivity index (χ3v) is 2.64. The molecule has 72 valence electrons. The molecule has 3 nitrogen and oxygen atoms in total. The van der Waals surface area contributed by atoms with Crippen LogP contribution in [0.4, 0.5) is 0 Å². The minimum absolute atomic E-state index is 0.648. The summed E-state index contributed by atoms with van der Waals surface area (Å²) in [6, 6.07) is 0.669. The summed E-state index contributed by atoms with van der Waals surface area (Å²) in [6.07, 6.45) is 1.15. The first-order valence-electron chi connectivity index (χ1n) is 4.73. The van der Waals surface area contributed by atoms with Gasteiger partial charge >= 0.3 is 0 Å². The second-order valence-electron chi connectivity index (χ2n) is 3.68. The van der Waals surface area contributed by atoms with Gasteiger partial charge in [0.15, 0.2) is 0 Å². The Hall–Kier alpha value is -0.120. The van der Waals surface area contributed by atoms with E-state index in [1.807, 2.05) is 0 Å². The highest BCUT2D eigenvalue weighted by atomic mass is 16.5. The molecule has 2 N–H and O–H groups in total. The number of nitrogens with two attached hydrogens (primary N) is 1. The Kier molecular flexibility index (Phi) is 3.98. The van der Waals surface area contributed by atoms with Gasteiger partial charge in [0.25, 0.3) is 0 Å². The smallest absolute Gasteiger partial charge is 0.0506 e. The molecule has 0 amide bonds. The molecule has 0 aromatic rings. The summed E-state index contributed by atoms with van der Waals surface area (Å²) in [5.41, 5.74) is 5.51. The average Bonchev–Trinajstić information content (AvgIpc) is 2.05. The standard InChI is InChI=1S/C9H20N2O/c1-8-7-12-6-3-9(8)11(2)5-4-10/h8-9H,3-7,10H2,1-2H3. The van der Waals surface area contributed by atoms with Gasteiger partial charge in [-0.25, -0.2) is 0 Å². The van der Waals surface area contributed by atoms with Crippen molar-refractivity contribution >= 4 is 0 Å². The van der Waals surface area contributed by atoms with E-state index < -0.39 is 0 Å². The molecule has 1 aliphatic rings. The lowest BCUT2D eigenvalue weighted by Gasteiger charge is -2.35. The van der Waals surface area contributed by atoms with E-state index in [4.69, 9.17) is 10.5 Å². The largest absolute Gasteiger partial charge is 0.381 e. The average molecular weight is 172 g/mol. The summed E-state index contributed by atoms with van der Waals surface area (Å²) < 4.78 is 5.38. The lowest BCUT2D eigenvalue weighted by atomic mass is 9.96. The molecule has 1 fully saturated rings. The van der Waals surface area contributed by atoms with Gasteiger partial charge < -0.3 is 15.4 Å². The quantitative estimate of drug-likeness (QED) is 0.665. The molecule has 1 aliphatic heterocycles. The summed E-state index contributed by atoms with van der Waals surface area (Å²) >= 11 is 0. The van der Waals surface area contributed by atoms with Gasteiger partial charge in [-0.05, 0) is 19.4 Å². The number of nitrogens with zero attached hydrogens (tertiary/aromatic N) is 1. The van der Waals surface area contributed by atoms with Crippen molar-refractivity contribution in [3.05, 3.63) is 0 Å². The van der Waals surface area contributed by atoms with Gasteiger partial charge in [-0.3, -0.25) is 0 Å². The lowest BCUT2D eigenvalue weighted by Crippen LogP contribution is -2.44. The van der Waals surface area contributed by atoms with Crippen LogP contribution < -0.4 is 5.73 Å². The van der Waals surface area contributed by atoms with Crippen LogP contribution >= 0.6 is 0 Å². The van der Waals surface area contributed by atoms with Crippen LogP contribution in [0.1, 0.15) is 13.3 Å². The van der Waals surface area contributed by atoms with Gasteiger partial charge in [0.1, 0.15) is 0 Å². The van der Waals surface area contributed by atoms with E-state index in [2.05, 4.69) is 18.9 Å². The molecular weight excluding hydrogens is 152 g/mol. The van der Waals surface area contributed by atoms with Gasteiger partial charge in [-0.2, -0.15) is 0 Å². The molecule has 12 heavy (non-hydrogen) atoms. The maximum Gasteiger partial charge on any atom is 0.0506 e. The van der Waals surface area contributed by atoms with Crippen molar-refractivity contribution in [1.29, 1.82) is 0 Å². The number of ether oxygens (including phenoxy) is 1. The summed E-state index contributed by atoms with van der Waals surface area (Å²) in [7, 11) is 2.15. The summed E-state index contributed by atoms with van der Waals surface area (Å²) in [5.74, 6) is 0.648. The predicted octanol–water partition coefficient (Wildman–Crippen LogP) is 0.302. The Labute approximate surface area is 74.9 Å². The topological polar surface area (TPSA) is 38.5 Å². The molecule has 0 aliphatic carbocycles. The predicted molar refractivity (Wildman–Crippen MR) is 50.1 cm³/mol. The molecule has 1 rings (SSSR count). The molecule has 0 aromatic heterocycles. The van der Waals surface area contributed by atoms with Crippen LogP contribution in [0.15, 0.2) is 0 Å². The molecule has 2 unspecified atom stereocenters. The summed E-state index contributed by atoms with van der Waals surface area (Å²) in [5, 5.41) is 0. The van der Waals surface area contributed by atoms with Crippen LogP contribution in [0.5, 0.6) is 0 Å². The Balaban J connectivity index is 2.36. The van der Waals surface area contributed by atoms with Crippen LogP contribution in [-0.4, -0.2) is 44.3 Å². The molecule has 2 atom stereocenters. The number of hydrogen-bond donors (Lipinski definition) is 1. The third kappa shape index (κ3) is 2.44. The molecule has 0 saturated carbocycles. The first-order valence-corrected chi connectivity index (χ1v) is 4.73. The van der Waals surface area contributed by atoms with Gasteiger partial charge in [0, 0.05) is 25.7 Å². The van der Waals surface area contributed by atoms with Crippen LogP contribution in [-0.2, 0) is 4.74 Å². The molecular formula is C9H20N2O. The van der Waals surface area contributed by atoms with Gasteiger partial charge in [-0.15, -0.1) is 0 Å². The van der Waals surface area contributed by atoms with Gasteiger partial charge in [0.2, 0.25) is 0 Å². The van der Waals surface area contributed by atoms with E-state index in [9.17, 15) is 0 Å². The van der Waals surface area contributed by atoms with E-state index in [1.165, 1.54) is 0 Å².